The molecule has 0 radical (unpaired) electrons. The summed E-state index contributed by atoms with van der Waals surface area (Å²) in [5.74, 6) is -0.509. The van der Waals surface area contributed by atoms with E-state index in [4.69, 9.17) is 11.6 Å². The largest absolute Gasteiger partial charge is 0.271 e. The summed E-state index contributed by atoms with van der Waals surface area (Å²) in [6.45, 7) is 1.46. The van der Waals surface area contributed by atoms with E-state index in [-0.39, 0.29) is 15.6 Å². The summed E-state index contributed by atoms with van der Waals surface area (Å²) >= 11 is 6.29. The second-order valence-corrected chi connectivity index (χ2v) is 10.0. The van der Waals surface area contributed by atoms with Gasteiger partial charge in [-0.15, -0.1) is 0 Å². The van der Waals surface area contributed by atoms with Crippen LogP contribution in [0.1, 0.15) is 50.5 Å². The van der Waals surface area contributed by atoms with E-state index in [1.165, 1.54) is 31.4 Å². The van der Waals surface area contributed by atoms with Crippen molar-refractivity contribution in [3.63, 3.8) is 0 Å². The zero-order chi connectivity index (χ0) is 22.3. The van der Waals surface area contributed by atoms with Gasteiger partial charge in [-0.25, -0.2) is 13.8 Å². The van der Waals surface area contributed by atoms with Crippen LogP contribution in [0.25, 0.3) is 0 Å². The van der Waals surface area contributed by atoms with Crippen molar-refractivity contribution in [3.8, 4) is 0 Å². The lowest BCUT2D eigenvalue weighted by atomic mass is 9.99. The molecular weight excluding hydrogens is 434 g/mol. The summed E-state index contributed by atoms with van der Waals surface area (Å²) in [5, 5.41) is 4.53. The van der Waals surface area contributed by atoms with Gasteiger partial charge < -0.3 is 0 Å². The van der Waals surface area contributed by atoms with Crippen LogP contribution in [0, 0.1) is 6.92 Å². The van der Waals surface area contributed by atoms with Gasteiger partial charge in [0, 0.05) is 5.71 Å². The molecule has 0 aliphatic heterocycles. The van der Waals surface area contributed by atoms with E-state index >= 15 is 0 Å². The number of hydrogen-bond donors (Lipinski definition) is 1. The lowest BCUT2D eigenvalue weighted by Gasteiger charge is -2.24. The van der Waals surface area contributed by atoms with Crippen molar-refractivity contribution in [1.29, 1.82) is 0 Å². The van der Waals surface area contributed by atoms with Gasteiger partial charge in [-0.1, -0.05) is 60.7 Å². The molecule has 2 aromatic carbocycles. The molecule has 31 heavy (non-hydrogen) atoms. The highest BCUT2D eigenvalue weighted by Crippen LogP contribution is 2.30. The fraction of sp³-hybridized carbons (Fsp3) is 0.391. The highest BCUT2D eigenvalue weighted by Gasteiger charge is 2.28. The van der Waals surface area contributed by atoms with E-state index in [2.05, 4.69) is 10.5 Å². The number of nitrogens with zero attached hydrogens (tertiary/aromatic N) is 2. The lowest BCUT2D eigenvalue weighted by Crippen LogP contribution is -2.40. The molecule has 1 aliphatic rings. The van der Waals surface area contributed by atoms with Gasteiger partial charge in [0.1, 0.15) is 6.54 Å². The van der Waals surface area contributed by atoms with Gasteiger partial charge in [-0.05, 0) is 56.9 Å². The molecule has 1 amide bonds. The Labute approximate surface area is 189 Å². The van der Waals surface area contributed by atoms with Crippen LogP contribution >= 0.6 is 11.6 Å². The predicted molar refractivity (Wildman–Crippen MR) is 125 cm³/mol. The number of nitrogens with one attached hydrogen (secondary N) is 1. The second-order valence-electron chi connectivity index (χ2n) is 7.76. The van der Waals surface area contributed by atoms with Crippen LogP contribution < -0.4 is 9.73 Å². The minimum Gasteiger partial charge on any atom is -0.271 e. The first-order chi connectivity index (χ1) is 14.9. The number of carbonyl (C=O) groups is 1. The maximum atomic E-state index is 13.4. The summed E-state index contributed by atoms with van der Waals surface area (Å²) in [6.07, 6.45) is 7.41. The first-order valence-corrected chi connectivity index (χ1v) is 12.4. The Morgan fingerprint density at radius 2 is 1.61 bits per heavy atom. The van der Waals surface area contributed by atoms with Crippen molar-refractivity contribution < 1.29 is 13.2 Å². The van der Waals surface area contributed by atoms with E-state index in [1.54, 1.807) is 36.4 Å². The summed E-state index contributed by atoms with van der Waals surface area (Å²) in [5.41, 5.74) is 4.70. The van der Waals surface area contributed by atoms with Gasteiger partial charge in [0.05, 0.1) is 15.6 Å². The molecule has 0 saturated heterocycles. The highest BCUT2D eigenvalue weighted by atomic mass is 35.5. The number of hydrogen-bond acceptors (Lipinski definition) is 4. The fourth-order valence-corrected chi connectivity index (χ4v) is 5.25. The van der Waals surface area contributed by atoms with Crippen molar-refractivity contribution in [2.75, 3.05) is 10.8 Å². The minimum absolute atomic E-state index is 0.0946. The van der Waals surface area contributed by atoms with Gasteiger partial charge >= 0.3 is 0 Å². The van der Waals surface area contributed by atoms with Crippen LogP contribution in [0.15, 0.2) is 58.5 Å². The Hall–Kier alpha value is -2.38. The van der Waals surface area contributed by atoms with E-state index in [0.717, 1.165) is 41.3 Å². The molecule has 166 valence electrons. The molecule has 0 atom stereocenters. The molecule has 2 aromatic rings. The number of benzene rings is 2. The van der Waals surface area contributed by atoms with Gasteiger partial charge in [-0.3, -0.25) is 9.10 Å². The molecular formula is C23H28ClN3O3S. The van der Waals surface area contributed by atoms with Crippen LogP contribution in [0.5, 0.6) is 0 Å². The van der Waals surface area contributed by atoms with Crippen LogP contribution in [0.2, 0.25) is 5.02 Å². The van der Waals surface area contributed by atoms with Crippen LogP contribution in [-0.4, -0.2) is 26.6 Å². The van der Waals surface area contributed by atoms with Gasteiger partial charge in [-0.2, -0.15) is 5.10 Å². The topological polar surface area (TPSA) is 78.8 Å². The molecule has 1 aliphatic carbocycles. The summed E-state index contributed by atoms with van der Waals surface area (Å²) in [6, 6.07) is 13.1. The van der Waals surface area contributed by atoms with Crippen LogP contribution in [-0.2, 0) is 14.8 Å². The van der Waals surface area contributed by atoms with Gasteiger partial charge in [0.25, 0.3) is 15.9 Å². The molecule has 3 rings (SSSR count). The van der Waals surface area contributed by atoms with E-state index in [9.17, 15) is 13.2 Å². The van der Waals surface area contributed by atoms with Crippen molar-refractivity contribution in [2.45, 2.75) is 56.8 Å². The molecule has 0 spiro atoms. The highest BCUT2D eigenvalue weighted by molar-refractivity contribution is 7.92. The van der Waals surface area contributed by atoms with Crippen molar-refractivity contribution >= 4 is 38.9 Å². The summed E-state index contributed by atoms with van der Waals surface area (Å²) in [7, 11) is -4.00. The summed E-state index contributed by atoms with van der Waals surface area (Å²) < 4.78 is 27.8. The minimum atomic E-state index is -4.00. The number of carbonyl (C=O) groups excluding carboxylic acids is 1. The third-order valence-electron chi connectivity index (χ3n) is 5.29. The standard InChI is InChI=1S/C23H28ClN3O3S/c1-18-13-15-20(16-14-18)31(29,30)27(22-12-8-7-11-21(22)24)17-23(28)26-25-19-9-5-3-2-4-6-10-19/h7-8,11-16H,2-6,9-10,17H2,1H3,(H,26,28). The number of aryl methyl sites for hydroxylation is 1. The SMILES string of the molecule is Cc1ccc(S(=O)(=O)N(CC(=O)NN=C2CCCCCCC2)c2ccccc2Cl)cc1. The predicted octanol–water partition coefficient (Wildman–Crippen LogP) is 5.06. The molecule has 0 aromatic heterocycles. The number of para-hydroxylation sites is 1. The van der Waals surface area contributed by atoms with E-state index < -0.39 is 22.5 Å². The number of halogens is 1. The van der Waals surface area contributed by atoms with Gasteiger partial charge in [0.2, 0.25) is 0 Å². The average Bonchev–Trinajstić information content (AvgIpc) is 2.72. The number of rotatable bonds is 6. The first kappa shape index (κ1) is 23.3. The maximum Gasteiger partial charge on any atom is 0.264 e. The Morgan fingerprint density at radius 3 is 2.26 bits per heavy atom. The Morgan fingerprint density at radius 1 is 1.00 bits per heavy atom. The second kappa shape index (κ2) is 10.8. The fourth-order valence-electron chi connectivity index (χ4n) is 3.52. The Balaban J connectivity index is 1.84. The van der Waals surface area contributed by atoms with Crippen LogP contribution in [0.4, 0.5) is 5.69 Å². The monoisotopic (exact) mass is 461 g/mol. The Kier molecular flexibility index (Phi) is 8.09. The molecule has 1 saturated carbocycles. The number of anilines is 1. The van der Waals surface area contributed by atoms with E-state index in [0.29, 0.717) is 0 Å². The van der Waals surface area contributed by atoms with Crippen molar-refractivity contribution in [1.82, 2.24) is 5.43 Å². The molecule has 8 heteroatoms. The first-order valence-electron chi connectivity index (χ1n) is 10.6. The quantitative estimate of drug-likeness (QED) is 0.610. The zero-order valence-electron chi connectivity index (χ0n) is 17.7. The molecule has 1 fully saturated rings. The number of sulfonamides is 1. The number of amides is 1. The van der Waals surface area contributed by atoms with Gasteiger partial charge in [0.15, 0.2) is 0 Å². The molecule has 6 nitrogen and oxygen atoms in total. The molecule has 1 N–H and O–H groups in total. The normalized spacial score (nSPS) is 15.0. The van der Waals surface area contributed by atoms with E-state index in [1.807, 2.05) is 6.92 Å². The lowest BCUT2D eigenvalue weighted by molar-refractivity contribution is -0.119. The zero-order valence-corrected chi connectivity index (χ0v) is 19.3. The summed E-state index contributed by atoms with van der Waals surface area (Å²) in [4.78, 5) is 12.8. The van der Waals surface area contributed by atoms with Crippen molar-refractivity contribution in [3.05, 3.63) is 59.1 Å². The molecule has 0 heterocycles. The maximum absolute atomic E-state index is 13.4. The smallest absolute Gasteiger partial charge is 0.264 e. The molecule has 0 unspecified atom stereocenters. The molecule has 0 bridgehead atoms. The number of hydrazone groups is 1. The third kappa shape index (κ3) is 6.31. The third-order valence-corrected chi connectivity index (χ3v) is 7.38. The Bertz CT molecular complexity index is 1030. The van der Waals surface area contributed by atoms with Crippen LogP contribution in [0.3, 0.4) is 0 Å². The average molecular weight is 462 g/mol. The van der Waals surface area contributed by atoms with Crippen molar-refractivity contribution in [2.24, 2.45) is 5.10 Å².